The number of hydrogen-bond acceptors (Lipinski definition) is 5. The van der Waals surface area contributed by atoms with Crippen LogP contribution in [0.25, 0.3) is 0 Å². The highest BCUT2D eigenvalue weighted by Gasteiger charge is 2.55. The number of piperidine rings is 3. The zero-order chi connectivity index (χ0) is 16.3. The molecule has 5 aliphatic heterocycles. The van der Waals surface area contributed by atoms with Crippen LogP contribution in [0.1, 0.15) is 29.5 Å². The molecule has 1 aromatic rings. The van der Waals surface area contributed by atoms with Gasteiger partial charge in [-0.25, -0.2) is 0 Å². The Bertz CT molecular complexity index is 695. The standard InChI is InChI=1S/C19H26N4O/c1-21-8-5-14-11-15(3-4-16(14)12-21)18-20-24-19(22(18)2)13-23-9-6-17(19)7-10-23/h3-4,11,17H,5-10,12-13H2,1-2H3. The normalized spacial score (nSPS) is 35.1. The Morgan fingerprint density at radius 1 is 1.12 bits per heavy atom. The third-order valence-electron chi connectivity index (χ3n) is 6.52. The Balaban J connectivity index is 1.44. The van der Waals surface area contributed by atoms with E-state index >= 15 is 0 Å². The Hall–Kier alpha value is -1.59. The lowest BCUT2D eigenvalue weighted by molar-refractivity contribution is -0.190. The molecule has 128 valence electrons. The van der Waals surface area contributed by atoms with Gasteiger partial charge in [-0.05, 0) is 56.6 Å². The van der Waals surface area contributed by atoms with Gasteiger partial charge in [0.1, 0.15) is 0 Å². The van der Waals surface area contributed by atoms with E-state index < -0.39 is 0 Å². The molecule has 3 fully saturated rings. The van der Waals surface area contributed by atoms with Gasteiger partial charge in [0.15, 0.2) is 5.84 Å². The quantitative estimate of drug-likeness (QED) is 0.786. The maximum Gasteiger partial charge on any atom is 0.226 e. The van der Waals surface area contributed by atoms with Crippen LogP contribution >= 0.6 is 0 Å². The van der Waals surface area contributed by atoms with Crippen molar-refractivity contribution in [2.75, 3.05) is 40.3 Å². The van der Waals surface area contributed by atoms with Crippen LogP contribution < -0.4 is 0 Å². The second kappa shape index (κ2) is 5.20. The summed E-state index contributed by atoms with van der Waals surface area (Å²) in [5.74, 6) is 1.60. The molecule has 24 heavy (non-hydrogen) atoms. The molecule has 1 aromatic carbocycles. The lowest BCUT2D eigenvalue weighted by Crippen LogP contribution is -2.65. The van der Waals surface area contributed by atoms with Gasteiger partial charge in [0.05, 0.1) is 6.54 Å². The van der Waals surface area contributed by atoms with E-state index in [1.165, 1.54) is 42.6 Å². The van der Waals surface area contributed by atoms with Crippen LogP contribution in [0.15, 0.2) is 23.4 Å². The molecule has 5 heterocycles. The molecule has 1 unspecified atom stereocenters. The average Bonchev–Trinajstić information content (AvgIpc) is 2.92. The summed E-state index contributed by atoms with van der Waals surface area (Å²) in [6.45, 7) is 5.60. The topological polar surface area (TPSA) is 31.3 Å². The van der Waals surface area contributed by atoms with Crippen LogP contribution in [0.5, 0.6) is 0 Å². The molecule has 0 amide bonds. The third-order valence-corrected chi connectivity index (χ3v) is 6.52. The highest BCUT2D eigenvalue weighted by molar-refractivity contribution is 5.99. The van der Waals surface area contributed by atoms with E-state index in [-0.39, 0.29) is 5.72 Å². The van der Waals surface area contributed by atoms with Gasteiger partial charge in [-0.15, -0.1) is 0 Å². The molecule has 0 radical (unpaired) electrons. The van der Waals surface area contributed by atoms with E-state index in [2.05, 4.69) is 52.1 Å². The fourth-order valence-electron chi connectivity index (χ4n) is 4.98. The van der Waals surface area contributed by atoms with Crippen molar-refractivity contribution in [2.24, 2.45) is 11.1 Å². The second-order valence-corrected chi connectivity index (χ2v) is 7.93. The number of oxime groups is 1. The van der Waals surface area contributed by atoms with E-state index in [0.29, 0.717) is 5.92 Å². The van der Waals surface area contributed by atoms with Crippen LogP contribution in [0.2, 0.25) is 0 Å². The lowest BCUT2D eigenvalue weighted by Gasteiger charge is -2.52. The number of amidine groups is 1. The fraction of sp³-hybridized carbons (Fsp3) is 0.632. The second-order valence-electron chi connectivity index (χ2n) is 7.93. The van der Waals surface area contributed by atoms with Crippen molar-refractivity contribution in [3.8, 4) is 0 Å². The molecule has 0 saturated carbocycles. The maximum absolute atomic E-state index is 6.12. The van der Waals surface area contributed by atoms with Crippen molar-refractivity contribution in [3.63, 3.8) is 0 Å². The fourth-order valence-corrected chi connectivity index (χ4v) is 4.98. The van der Waals surface area contributed by atoms with Crippen molar-refractivity contribution in [2.45, 2.75) is 31.5 Å². The smallest absolute Gasteiger partial charge is 0.226 e. The first-order valence-electron chi connectivity index (χ1n) is 9.19. The summed E-state index contributed by atoms with van der Waals surface area (Å²) in [4.78, 5) is 13.3. The van der Waals surface area contributed by atoms with E-state index in [1.54, 1.807) is 0 Å². The number of rotatable bonds is 1. The minimum Gasteiger partial charge on any atom is -0.363 e. The highest BCUT2D eigenvalue weighted by atomic mass is 16.7. The summed E-state index contributed by atoms with van der Waals surface area (Å²) in [6, 6.07) is 6.83. The van der Waals surface area contributed by atoms with Crippen molar-refractivity contribution < 1.29 is 4.84 Å². The van der Waals surface area contributed by atoms with Crippen molar-refractivity contribution in [1.29, 1.82) is 0 Å². The number of likely N-dealkylation sites (N-methyl/N-ethyl adjacent to an activating group) is 2. The first-order valence-corrected chi connectivity index (χ1v) is 9.19. The van der Waals surface area contributed by atoms with Crippen LogP contribution in [0, 0.1) is 5.92 Å². The van der Waals surface area contributed by atoms with Gasteiger partial charge >= 0.3 is 0 Å². The molecular weight excluding hydrogens is 300 g/mol. The van der Waals surface area contributed by atoms with E-state index in [4.69, 9.17) is 4.84 Å². The molecule has 0 N–H and O–H groups in total. The van der Waals surface area contributed by atoms with Gasteiger partial charge in [-0.3, -0.25) is 4.90 Å². The zero-order valence-corrected chi connectivity index (χ0v) is 14.7. The van der Waals surface area contributed by atoms with Gasteiger partial charge in [-0.1, -0.05) is 17.3 Å². The summed E-state index contributed by atoms with van der Waals surface area (Å²) in [5.41, 5.74) is 3.89. The molecule has 3 saturated heterocycles. The average molecular weight is 326 g/mol. The molecule has 1 spiro atoms. The Morgan fingerprint density at radius 3 is 2.71 bits per heavy atom. The lowest BCUT2D eigenvalue weighted by atomic mass is 9.80. The number of fused-ring (bicyclic) bond motifs is 3. The third kappa shape index (κ3) is 2.04. The first kappa shape index (κ1) is 14.7. The Morgan fingerprint density at radius 2 is 1.96 bits per heavy atom. The summed E-state index contributed by atoms with van der Waals surface area (Å²) in [6.07, 6.45) is 3.58. The Labute approximate surface area is 143 Å². The van der Waals surface area contributed by atoms with E-state index in [1.807, 2.05) is 0 Å². The first-order chi connectivity index (χ1) is 11.7. The summed E-state index contributed by atoms with van der Waals surface area (Å²) in [7, 11) is 4.36. The minimum absolute atomic E-state index is 0.234. The van der Waals surface area contributed by atoms with Gasteiger partial charge in [0.25, 0.3) is 0 Å². The van der Waals surface area contributed by atoms with Crippen molar-refractivity contribution in [3.05, 3.63) is 34.9 Å². The predicted octanol–water partition coefficient (Wildman–Crippen LogP) is 1.72. The summed E-state index contributed by atoms with van der Waals surface area (Å²) < 4.78 is 0. The van der Waals surface area contributed by atoms with E-state index in [9.17, 15) is 0 Å². The molecule has 1 atom stereocenters. The largest absolute Gasteiger partial charge is 0.363 e. The summed E-state index contributed by atoms with van der Waals surface area (Å²) in [5, 5.41) is 4.55. The maximum atomic E-state index is 6.12. The molecule has 5 heteroatoms. The van der Waals surface area contributed by atoms with Gasteiger partial charge in [0.2, 0.25) is 5.72 Å². The Kier molecular flexibility index (Phi) is 3.19. The van der Waals surface area contributed by atoms with Crippen LogP contribution in [-0.2, 0) is 17.8 Å². The number of hydrogen-bond donors (Lipinski definition) is 0. The van der Waals surface area contributed by atoms with Gasteiger partial charge < -0.3 is 14.6 Å². The van der Waals surface area contributed by atoms with Crippen molar-refractivity contribution in [1.82, 2.24) is 14.7 Å². The van der Waals surface area contributed by atoms with Crippen LogP contribution in [0.3, 0.4) is 0 Å². The molecule has 6 rings (SSSR count). The van der Waals surface area contributed by atoms with Crippen LogP contribution in [-0.4, -0.2) is 66.5 Å². The predicted molar refractivity (Wildman–Crippen MR) is 93.8 cm³/mol. The molecule has 0 aliphatic carbocycles. The van der Waals surface area contributed by atoms with Crippen LogP contribution in [0.4, 0.5) is 0 Å². The van der Waals surface area contributed by atoms with E-state index in [0.717, 1.165) is 31.9 Å². The SMILES string of the molecule is CN1CCc2cc(C3=NOC4(CN5CCC4CC5)N3C)ccc2C1. The zero-order valence-electron chi connectivity index (χ0n) is 14.7. The molecule has 5 nitrogen and oxygen atoms in total. The summed E-state index contributed by atoms with van der Waals surface area (Å²) >= 11 is 0. The van der Waals surface area contributed by atoms with Gasteiger partial charge in [-0.2, -0.15) is 0 Å². The molecule has 2 bridgehead atoms. The number of nitrogens with zero attached hydrogens (tertiary/aromatic N) is 4. The molecule has 0 aromatic heterocycles. The molecular formula is C19H26N4O. The van der Waals surface area contributed by atoms with Crippen molar-refractivity contribution >= 4 is 5.84 Å². The minimum atomic E-state index is -0.234. The van der Waals surface area contributed by atoms with Gasteiger partial charge in [0, 0.05) is 31.6 Å². The monoisotopic (exact) mass is 326 g/mol. The molecule has 5 aliphatic rings. The highest BCUT2D eigenvalue weighted by Crippen LogP contribution is 2.43. The number of benzene rings is 1.